The molecule has 27 heavy (non-hydrogen) atoms. The number of hydrogen-bond acceptors (Lipinski definition) is 3. The Morgan fingerprint density at radius 2 is 1.67 bits per heavy atom. The van der Waals surface area contributed by atoms with Crippen LogP contribution in [0.5, 0.6) is 0 Å². The lowest BCUT2D eigenvalue weighted by Crippen LogP contribution is -2.48. The summed E-state index contributed by atoms with van der Waals surface area (Å²) >= 11 is 0.525. The van der Waals surface area contributed by atoms with E-state index in [1.165, 1.54) is 26.2 Å². The van der Waals surface area contributed by atoms with Crippen LogP contribution >= 0.6 is 11.3 Å². The Balaban J connectivity index is 2.30. The monoisotopic (exact) mass is 414 g/mol. The van der Waals surface area contributed by atoms with Crippen LogP contribution in [-0.2, 0) is 9.47 Å². The molecule has 148 valence electrons. The van der Waals surface area contributed by atoms with Crippen molar-refractivity contribution in [3.05, 3.63) is 40.5 Å². The number of halogens is 7. The van der Waals surface area contributed by atoms with Gasteiger partial charge in [0.1, 0.15) is 6.79 Å². The summed E-state index contributed by atoms with van der Waals surface area (Å²) in [5.74, 6) is -19.7. The first kappa shape index (κ1) is 20.1. The van der Waals surface area contributed by atoms with E-state index in [1.807, 2.05) is 0 Å². The van der Waals surface area contributed by atoms with Crippen LogP contribution in [0.2, 0.25) is 0 Å². The minimum Gasteiger partial charge on any atom is -0.359 e. The van der Waals surface area contributed by atoms with Crippen molar-refractivity contribution in [2.75, 3.05) is 13.9 Å². The molecule has 0 fully saturated rings. The second-order valence-electron chi connectivity index (χ2n) is 5.97. The van der Waals surface area contributed by atoms with Gasteiger partial charge in [0.25, 0.3) is 0 Å². The minimum atomic E-state index is -5.89. The molecule has 0 N–H and O–H groups in total. The number of ether oxygens (including phenoxy) is 2. The van der Waals surface area contributed by atoms with E-state index in [0.29, 0.717) is 21.4 Å². The van der Waals surface area contributed by atoms with Gasteiger partial charge in [-0.2, -0.15) is 26.3 Å². The summed E-state index contributed by atoms with van der Waals surface area (Å²) in [7, 11) is 1.30. The predicted octanol–water partition coefficient (Wildman–Crippen LogP) is 6.18. The molecule has 0 aliphatic heterocycles. The third-order valence-electron chi connectivity index (χ3n) is 4.30. The van der Waals surface area contributed by atoms with Crippen molar-refractivity contribution in [1.29, 1.82) is 0 Å². The fraction of sp³-hybridized carbons (Fsp3) is 0.412. The van der Waals surface area contributed by atoms with Crippen molar-refractivity contribution in [1.82, 2.24) is 0 Å². The van der Waals surface area contributed by atoms with E-state index in [1.54, 1.807) is 12.1 Å². The fourth-order valence-electron chi connectivity index (χ4n) is 2.94. The summed E-state index contributed by atoms with van der Waals surface area (Å²) in [6.45, 7) is 1.13. The molecule has 2 nitrogen and oxygen atoms in total. The highest BCUT2D eigenvalue weighted by Gasteiger charge is 2.81. The van der Waals surface area contributed by atoms with Gasteiger partial charge >= 0.3 is 17.8 Å². The van der Waals surface area contributed by atoms with E-state index in [9.17, 15) is 30.7 Å². The second kappa shape index (κ2) is 6.46. The smallest absolute Gasteiger partial charge is 0.359 e. The normalized spacial score (nSPS) is 21.8. The molecule has 2 aromatic rings. The third kappa shape index (κ3) is 2.68. The molecule has 1 aliphatic carbocycles. The van der Waals surface area contributed by atoms with Crippen LogP contribution in [0, 0.1) is 0 Å². The lowest BCUT2D eigenvalue weighted by Gasteiger charge is -2.25. The first-order valence-electron chi connectivity index (χ1n) is 7.65. The van der Waals surface area contributed by atoms with E-state index in [2.05, 4.69) is 0 Å². The van der Waals surface area contributed by atoms with Crippen LogP contribution in [0.3, 0.4) is 0 Å². The molecular weight excluding hydrogens is 401 g/mol. The maximum absolute atomic E-state index is 14.3. The summed E-state index contributed by atoms with van der Waals surface area (Å²) in [6.07, 6.45) is -1.00. The van der Waals surface area contributed by atoms with Crippen LogP contribution in [0.15, 0.2) is 30.1 Å². The van der Waals surface area contributed by atoms with E-state index in [-0.39, 0.29) is 12.4 Å². The highest BCUT2D eigenvalue weighted by molar-refractivity contribution is 7.20. The van der Waals surface area contributed by atoms with Crippen LogP contribution in [0.25, 0.3) is 15.7 Å². The van der Waals surface area contributed by atoms with Crippen molar-refractivity contribution in [2.24, 2.45) is 0 Å². The Labute approximate surface area is 153 Å². The minimum absolute atomic E-state index is 0.0778. The Morgan fingerprint density at radius 1 is 1.04 bits per heavy atom. The first-order chi connectivity index (χ1) is 12.5. The number of benzene rings is 1. The average molecular weight is 414 g/mol. The lowest BCUT2D eigenvalue weighted by atomic mass is 9.99. The molecule has 0 saturated carbocycles. The van der Waals surface area contributed by atoms with Gasteiger partial charge in [0.2, 0.25) is 0 Å². The van der Waals surface area contributed by atoms with Crippen molar-refractivity contribution in [2.45, 2.75) is 30.8 Å². The molecule has 0 spiro atoms. The number of methoxy groups -OCH3 is 1. The van der Waals surface area contributed by atoms with Crippen molar-refractivity contribution in [3.63, 3.8) is 0 Å². The van der Waals surface area contributed by atoms with E-state index in [4.69, 9.17) is 9.47 Å². The van der Waals surface area contributed by atoms with Gasteiger partial charge in [-0.15, -0.1) is 11.3 Å². The molecule has 3 rings (SSSR count). The predicted molar refractivity (Wildman–Crippen MR) is 86.1 cm³/mol. The van der Waals surface area contributed by atoms with Gasteiger partial charge in [-0.3, -0.25) is 0 Å². The SMILES string of the molecule is COCOC(C)c1c(C2=C(F)C(F)(F)C(F)(F)C2(F)F)sc2ccccc12. The summed E-state index contributed by atoms with van der Waals surface area (Å²) < 4.78 is 108. The highest BCUT2D eigenvalue weighted by Crippen LogP contribution is 2.64. The quantitative estimate of drug-likeness (QED) is 0.430. The number of alkyl halides is 6. The number of thiophene rings is 1. The standard InChI is InChI=1S/C17H13F7O2S/c1-8(26-7-25-2)11-9-5-3-4-6-10(9)27-13(11)12-14(18)16(21,22)17(23,24)15(12,19)20/h3-6,8H,7H2,1-2H3. The van der Waals surface area contributed by atoms with Crippen molar-refractivity contribution >= 4 is 27.0 Å². The molecule has 1 aliphatic rings. The lowest BCUT2D eigenvalue weighted by molar-refractivity contribution is -0.263. The first-order valence-corrected chi connectivity index (χ1v) is 8.46. The zero-order chi connectivity index (χ0) is 20.2. The second-order valence-corrected chi connectivity index (χ2v) is 7.02. The van der Waals surface area contributed by atoms with Crippen LogP contribution in [0.4, 0.5) is 30.7 Å². The molecule has 0 radical (unpaired) electrons. The summed E-state index contributed by atoms with van der Waals surface area (Å²) in [5, 5.41) is 0.315. The van der Waals surface area contributed by atoms with E-state index >= 15 is 0 Å². The molecule has 1 unspecified atom stereocenters. The van der Waals surface area contributed by atoms with Gasteiger partial charge in [-0.05, 0) is 18.4 Å². The number of fused-ring (bicyclic) bond motifs is 1. The molecule has 1 atom stereocenters. The number of rotatable bonds is 5. The van der Waals surface area contributed by atoms with E-state index in [0.717, 1.165) is 0 Å². The van der Waals surface area contributed by atoms with Gasteiger partial charge in [-0.1, -0.05) is 18.2 Å². The Kier molecular flexibility index (Phi) is 4.80. The Morgan fingerprint density at radius 3 is 2.22 bits per heavy atom. The molecule has 10 heteroatoms. The van der Waals surface area contributed by atoms with Crippen molar-refractivity contribution in [3.8, 4) is 0 Å². The Bertz CT molecular complexity index is 904. The average Bonchev–Trinajstić information content (AvgIpc) is 3.01. The summed E-state index contributed by atoms with van der Waals surface area (Å²) in [5.41, 5.74) is -2.08. The molecule has 0 amide bonds. The fourth-order valence-corrected chi connectivity index (χ4v) is 4.30. The van der Waals surface area contributed by atoms with Gasteiger partial charge in [0.05, 0.1) is 11.7 Å². The number of allylic oxidation sites excluding steroid dienone is 2. The van der Waals surface area contributed by atoms with Gasteiger partial charge in [0.15, 0.2) is 5.83 Å². The van der Waals surface area contributed by atoms with Gasteiger partial charge in [-0.25, -0.2) is 4.39 Å². The molecule has 0 saturated heterocycles. The zero-order valence-corrected chi connectivity index (χ0v) is 14.8. The number of hydrogen-bond donors (Lipinski definition) is 0. The Hall–Kier alpha value is -1.65. The summed E-state index contributed by atoms with van der Waals surface area (Å²) in [4.78, 5) is -0.695. The topological polar surface area (TPSA) is 18.5 Å². The van der Waals surface area contributed by atoms with Gasteiger partial charge in [0, 0.05) is 22.3 Å². The van der Waals surface area contributed by atoms with E-state index < -0.39 is 40.1 Å². The van der Waals surface area contributed by atoms with Crippen LogP contribution < -0.4 is 0 Å². The van der Waals surface area contributed by atoms with Gasteiger partial charge < -0.3 is 9.47 Å². The third-order valence-corrected chi connectivity index (χ3v) is 5.51. The van der Waals surface area contributed by atoms with Crippen LogP contribution in [0.1, 0.15) is 23.5 Å². The molecule has 1 heterocycles. The maximum Gasteiger partial charge on any atom is 0.383 e. The molecular formula is C17H13F7O2S. The molecule has 0 bridgehead atoms. The summed E-state index contributed by atoms with van der Waals surface area (Å²) in [6, 6.07) is 6.07. The maximum atomic E-state index is 14.3. The van der Waals surface area contributed by atoms with Crippen molar-refractivity contribution < 1.29 is 40.2 Å². The highest BCUT2D eigenvalue weighted by atomic mass is 32.1. The van der Waals surface area contributed by atoms with Crippen LogP contribution in [-0.4, -0.2) is 31.7 Å². The molecule has 1 aromatic heterocycles. The zero-order valence-electron chi connectivity index (χ0n) is 14.0. The largest absolute Gasteiger partial charge is 0.383 e. The molecule has 1 aromatic carbocycles.